The molecule has 3 aliphatic heterocycles. The summed E-state index contributed by atoms with van der Waals surface area (Å²) >= 11 is 6.23. The molecule has 0 aromatic heterocycles. The number of carbonyl (C=O) groups excluding carboxylic acids is 2. The molecule has 0 saturated carbocycles. The van der Waals surface area contributed by atoms with Gasteiger partial charge in [0.2, 0.25) is 11.8 Å². The van der Waals surface area contributed by atoms with Gasteiger partial charge >= 0.3 is 6.17 Å². The number of benzene rings is 4. The van der Waals surface area contributed by atoms with E-state index in [0.717, 1.165) is 49.8 Å². The second kappa shape index (κ2) is 24.9. The third kappa shape index (κ3) is 13.3. The molecule has 368 valence electrons. The molecule has 0 bridgehead atoms. The summed E-state index contributed by atoms with van der Waals surface area (Å²) in [7, 11) is 1.62. The highest BCUT2D eigenvalue weighted by Gasteiger charge is 2.53. The van der Waals surface area contributed by atoms with Crippen LogP contribution in [0.5, 0.6) is 11.5 Å². The molecule has 4 aromatic rings. The zero-order valence-corrected chi connectivity index (χ0v) is 40.6. The summed E-state index contributed by atoms with van der Waals surface area (Å²) in [6, 6.07) is 25.9. The lowest BCUT2D eigenvalue weighted by molar-refractivity contribution is -0.622. The van der Waals surface area contributed by atoms with Crippen LogP contribution in [0.4, 0.5) is 11.4 Å². The van der Waals surface area contributed by atoms with Gasteiger partial charge in [-0.1, -0.05) is 60.5 Å². The normalized spacial score (nSPS) is 19.4. The lowest BCUT2D eigenvalue weighted by Crippen LogP contribution is -2.52. The van der Waals surface area contributed by atoms with Crippen molar-refractivity contribution in [3.63, 3.8) is 0 Å². The molecule has 7 rings (SSSR count). The molecule has 3 aliphatic rings. The molecule has 1 saturated heterocycles. The highest BCUT2D eigenvalue weighted by molar-refractivity contribution is 6.30. The number of fused-ring (bicyclic) bond motifs is 4. The van der Waals surface area contributed by atoms with E-state index in [1.54, 1.807) is 7.11 Å². The predicted octanol–water partition coefficient (Wildman–Crippen LogP) is 4.89. The van der Waals surface area contributed by atoms with Gasteiger partial charge in [-0.2, -0.15) is 0 Å². The number of hydrazine groups is 2. The zero-order chi connectivity index (χ0) is 48.7. The average molecular weight is 969 g/mol. The van der Waals surface area contributed by atoms with Crippen molar-refractivity contribution in [1.29, 1.82) is 0 Å². The largest absolute Gasteiger partial charge is 0.497 e. The van der Waals surface area contributed by atoms with E-state index < -0.39 is 24.4 Å². The quantitative estimate of drug-likeness (QED) is 0.0316. The molecule has 4 aromatic carbocycles. The highest BCUT2D eigenvalue weighted by atomic mass is 35.5. The minimum atomic E-state index is -0.732. The predicted molar refractivity (Wildman–Crippen MR) is 267 cm³/mol. The number of hydrogen-bond donors (Lipinski definition) is 6. The minimum absolute atomic E-state index is 0.0528. The second-order valence-corrected chi connectivity index (χ2v) is 17.1. The molecular formula is C50H64ClN10O8+. The van der Waals surface area contributed by atoms with Gasteiger partial charge in [0, 0.05) is 52.6 Å². The van der Waals surface area contributed by atoms with Crippen LogP contribution in [-0.4, -0.2) is 132 Å². The molecular weight excluding hydrogens is 904 g/mol. The Labute approximate surface area is 408 Å². The van der Waals surface area contributed by atoms with E-state index in [0.29, 0.717) is 88.1 Å². The van der Waals surface area contributed by atoms with Crippen molar-refractivity contribution in [2.45, 2.75) is 71.1 Å². The Morgan fingerprint density at radius 2 is 1.35 bits per heavy atom. The summed E-state index contributed by atoms with van der Waals surface area (Å²) in [5.74, 6) is 0.978. The van der Waals surface area contributed by atoms with Gasteiger partial charge in [0.25, 0.3) is 0 Å². The Kier molecular flexibility index (Phi) is 18.3. The fourth-order valence-corrected chi connectivity index (χ4v) is 8.53. The number of nitrogens with zero attached hydrogens (tertiary/aromatic N) is 4. The van der Waals surface area contributed by atoms with Gasteiger partial charge in [-0.05, 0) is 69.3 Å². The van der Waals surface area contributed by atoms with Crippen LogP contribution in [0.25, 0.3) is 0 Å². The van der Waals surface area contributed by atoms with E-state index in [-0.39, 0.29) is 30.8 Å². The van der Waals surface area contributed by atoms with Gasteiger partial charge in [-0.15, -0.1) is 5.43 Å². The lowest BCUT2D eigenvalue weighted by atomic mass is 9.99. The summed E-state index contributed by atoms with van der Waals surface area (Å²) in [5, 5.41) is 9.98. The second-order valence-electron chi connectivity index (χ2n) is 16.7. The molecule has 18 nitrogen and oxygen atoms in total. The van der Waals surface area contributed by atoms with E-state index in [2.05, 4.69) is 32.2 Å². The molecule has 0 radical (unpaired) electrons. The van der Waals surface area contributed by atoms with Crippen LogP contribution in [-0.2, 0) is 23.8 Å². The molecule has 0 spiro atoms. The number of hydrogen-bond acceptors (Lipinski definition) is 14. The average Bonchev–Trinajstić information content (AvgIpc) is 3.46. The van der Waals surface area contributed by atoms with E-state index in [1.165, 1.54) is 0 Å². The number of benzodiazepines with no additional fused rings is 1. The number of halogens is 1. The number of methoxy groups -OCH3 is 1. The summed E-state index contributed by atoms with van der Waals surface area (Å²) < 4.78 is 28.9. The van der Waals surface area contributed by atoms with Crippen LogP contribution in [0.1, 0.15) is 61.4 Å². The summed E-state index contributed by atoms with van der Waals surface area (Å²) in [4.78, 5) is 52.6. The van der Waals surface area contributed by atoms with Crippen molar-refractivity contribution >= 4 is 46.2 Å². The maximum Gasteiger partial charge on any atom is 0.333 e. The van der Waals surface area contributed by atoms with Crippen LogP contribution in [0, 0.1) is 11.8 Å². The molecule has 6 N–H and O–H groups in total. The molecule has 5 atom stereocenters. The van der Waals surface area contributed by atoms with Crippen molar-refractivity contribution in [2.75, 3.05) is 83.2 Å². The number of carbonyl (C=O) groups is 2. The van der Waals surface area contributed by atoms with Crippen LogP contribution in [0.15, 0.2) is 94.9 Å². The molecule has 1 fully saturated rings. The van der Waals surface area contributed by atoms with Crippen LogP contribution in [0.3, 0.4) is 0 Å². The standard InChI is InChI=1S/C50H63ClN10O8/c1-6-52-45(62)31-43-50-60(33(4)59-61(50)64)44-19-17-38(29-40(44)48(56-43)34-10-8-32(3)9-11-34)69-27-26-68-25-24-67-23-22-66-21-20-53-46(63)30-42-49(58-54-7-2)57-41-18-16-37(65-5)28-39(41)47(55-42)35-12-14-36(51)15-13-35/h8-19,28-29,33,42-43,49-50,54,58H,6-7,20-27,30-31H2,1-5H3,(H3-,52,53,55,57,59,62,63,64)/p+1. The summed E-state index contributed by atoms with van der Waals surface area (Å²) in [6.07, 6.45) is -1.30. The van der Waals surface area contributed by atoms with Gasteiger partial charge in [-0.25, -0.2) is 5.43 Å². The van der Waals surface area contributed by atoms with Gasteiger partial charge in [0.1, 0.15) is 35.2 Å². The van der Waals surface area contributed by atoms with E-state index in [1.807, 2.05) is 118 Å². The Morgan fingerprint density at radius 3 is 2.04 bits per heavy atom. The van der Waals surface area contributed by atoms with Crippen LogP contribution < -0.4 is 46.6 Å². The Morgan fingerprint density at radius 1 is 0.739 bits per heavy atom. The number of amides is 2. The van der Waals surface area contributed by atoms with Gasteiger partial charge in [0.15, 0.2) is 6.17 Å². The van der Waals surface area contributed by atoms with Gasteiger partial charge in [-0.3, -0.25) is 29.9 Å². The third-order valence-electron chi connectivity index (χ3n) is 11.7. The number of rotatable bonds is 24. The minimum Gasteiger partial charge on any atom is -0.497 e. The topological polar surface area (TPSA) is 201 Å². The Bertz CT molecular complexity index is 2440. The highest BCUT2D eigenvalue weighted by Crippen LogP contribution is 2.37. The van der Waals surface area contributed by atoms with E-state index >= 15 is 0 Å². The van der Waals surface area contributed by atoms with E-state index in [9.17, 15) is 14.5 Å². The molecule has 19 heteroatoms. The maximum absolute atomic E-state index is 13.3. The third-order valence-corrected chi connectivity index (χ3v) is 12.0. The number of nitroso groups, excluding NO2 is 1. The van der Waals surface area contributed by atoms with Crippen LogP contribution in [0.2, 0.25) is 5.02 Å². The first-order valence-corrected chi connectivity index (χ1v) is 23.9. The number of ether oxygens (including phenoxy) is 5. The molecule has 3 heterocycles. The van der Waals surface area contributed by atoms with Crippen molar-refractivity contribution in [3.8, 4) is 11.5 Å². The monoisotopic (exact) mass is 967 g/mol. The Balaban J connectivity index is 0.841. The first-order valence-electron chi connectivity index (χ1n) is 23.5. The number of anilines is 2. The summed E-state index contributed by atoms with van der Waals surface area (Å²) in [6.45, 7) is 11.7. The smallest absolute Gasteiger partial charge is 0.333 e. The first kappa shape index (κ1) is 50.7. The number of aliphatic imine (C=N–C) groups is 2. The SMILES string of the molecule is CCNNC1Nc2ccc(OC)cc2C(c2ccc(Cl)cc2)=NC1CC(=O)NCCOCCOCCOCCOc1ccc2c(c1)C(c1ccc(C)cc1)=NC(CC(=O)NCC)C1N2C(C)N[N+]1=O. The summed E-state index contributed by atoms with van der Waals surface area (Å²) in [5.41, 5.74) is 17.0. The van der Waals surface area contributed by atoms with Crippen molar-refractivity contribution in [3.05, 3.63) is 123 Å². The molecule has 0 aliphatic carbocycles. The van der Waals surface area contributed by atoms with Gasteiger partial charge in [0.05, 0.1) is 87.7 Å². The maximum atomic E-state index is 13.3. The van der Waals surface area contributed by atoms with Gasteiger partial charge < -0.3 is 39.6 Å². The van der Waals surface area contributed by atoms with Crippen molar-refractivity contribution in [1.82, 2.24) is 26.9 Å². The van der Waals surface area contributed by atoms with Crippen LogP contribution >= 0.6 is 11.6 Å². The fraction of sp³-hybridized carbons (Fsp3) is 0.440. The molecule has 2 amide bonds. The fourth-order valence-electron chi connectivity index (χ4n) is 8.41. The molecule has 5 unspecified atom stereocenters. The first-order chi connectivity index (χ1) is 33.6. The lowest BCUT2D eigenvalue weighted by Gasteiger charge is -2.26. The van der Waals surface area contributed by atoms with E-state index in [4.69, 9.17) is 45.3 Å². The number of nitrogens with one attached hydrogen (secondary N) is 6. The zero-order valence-electron chi connectivity index (χ0n) is 39.9. The van der Waals surface area contributed by atoms with Crippen molar-refractivity contribution < 1.29 is 38.1 Å². The Hall–Kier alpha value is -6.15. The number of aryl methyl sites for hydroxylation is 1. The van der Waals surface area contributed by atoms with Crippen molar-refractivity contribution in [2.24, 2.45) is 9.98 Å². The molecule has 69 heavy (non-hydrogen) atoms.